The number of benzene rings is 1. The van der Waals surface area contributed by atoms with Crippen LogP contribution in [0.15, 0.2) is 27.6 Å². The second-order valence-corrected chi connectivity index (χ2v) is 6.30. The molecular weight excluding hydrogens is 338 g/mol. The molecule has 0 bridgehead atoms. The molecule has 1 aromatic carbocycles. The van der Waals surface area contributed by atoms with Crippen LogP contribution in [-0.4, -0.2) is 32.1 Å². The van der Waals surface area contributed by atoms with Crippen LogP contribution in [0.25, 0.3) is 0 Å². The first kappa shape index (κ1) is 15.9. The molecule has 1 aromatic rings. The first-order valence-electron chi connectivity index (χ1n) is 5.45. The molecule has 1 unspecified atom stereocenters. The van der Waals surface area contributed by atoms with Gasteiger partial charge in [-0.2, -0.15) is 4.72 Å². The van der Waals surface area contributed by atoms with Gasteiger partial charge in [-0.3, -0.25) is 4.79 Å². The maximum atomic E-state index is 12.1. The Kier molecular flexibility index (Phi) is 5.33. The SMILES string of the molecule is CCOc1ccc(Br)cc1S(=O)(=O)NC(C)C(=O)O. The Morgan fingerprint density at radius 1 is 1.53 bits per heavy atom. The molecule has 19 heavy (non-hydrogen) atoms. The Labute approximate surface area is 120 Å². The normalized spacial score (nSPS) is 13.0. The first-order valence-corrected chi connectivity index (χ1v) is 7.73. The van der Waals surface area contributed by atoms with Gasteiger partial charge in [0, 0.05) is 4.47 Å². The molecular formula is C11H14BrNO5S. The Morgan fingerprint density at radius 2 is 2.16 bits per heavy atom. The van der Waals surface area contributed by atoms with Crippen LogP contribution in [0, 0.1) is 0 Å². The predicted molar refractivity (Wildman–Crippen MR) is 72.7 cm³/mol. The van der Waals surface area contributed by atoms with Gasteiger partial charge in [0.15, 0.2) is 0 Å². The zero-order valence-electron chi connectivity index (χ0n) is 10.4. The van der Waals surface area contributed by atoms with E-state index in [4.69, 9.17) is 9.84 Å². The molecule has 2 N–H and O–H groups in total. The van der Waals surface area contributed by atoms with Crippen molar-refractivity contribution in [2.24, 2.45) is 0 Å². The number of aliphatic carboxylic acids is 1. The van der Waals surface area contributed by atoms with Crippen LogP contribution in [0.2, 0.25) is 0 Å². The molecule has 0 saturated heterocycles. The van der Waals surface area contributed by atoms with Crippen LogP contribution in [0.1, 0.15) is 13.8 Å². The summed E-state index contributed by atoms with van der Waals surface area (Å²) in [6, 6.07) is 3.29. The van der Waals surface area contributed by atoms with Gasteiger partial charge >= 0.3 is 5.97 Å². The minimum absolute atomic E-state index is 0.100. The topological polar surface area (TPSA) is 92.7 Å². The third kappa shape index (κ3) is 4.19. The molecule has 0 aliphatic rings. The summed E-state index contributed by atoms with van der Waals surface area (Å²) in [5.74, 6) is -1.08. The quantitative estimate of drug-likeness (QED) is 0.811. The lowest BCUT2D eigenvalue weighted by molar-refractivity contribution is -0.138. The van der Waals surface area contributed by atoms with Gasteiger partial charge in [-0.15, -0.1) is 0 Å². The van der Waals surface area contributed by atoms with Gasteiger partial charge in [0.05, 0.1) is 6.61 Å². The molecule has 0 aliphatic heterocycles. The molecule has 106 valence electrons. The number of hydrogen-bond acceptors (Lipinski definition) is 4. The molecule has 0 heterocycles. The molecule has 6 nitrogen and oxygen atoms in total. The fourth-order valence-corrected chi connectivity index (χ4v) is 3.19. The zero-order chi connectivity index (χ0) is 14.6. The van der Waals surface area contributed by atoms with E-state index in [1.807, 2.05) is 0 Å². The van der Waals surface area contributed by atoms with Gasteiger partial charge in [0.25, 0.3) is 0 Å². The number of nitrogens with one attached hydrogen (secondary N) is 1. The van der Waals surface area contributed by atoms with E-state index in [-0.39, 0.29) is 10.6 Å². The number of ether oxygens (including phenoxy) is 1. The molecule has 0 amide bonds. The minimum atomic E-state index is -3.97. The highest BCUT2D eigenvalue weighted by molar-refractivity contribution is 9.10. The minimum Gasteiger partial charge on any atom is -0.492 e. The lowest BCUT2D eigenvalue weighted by Crippen LogP contribution is -2.38. The average Bonchev–Trinajstić information content (AvgIpc) is 2.31. The maximum absolute atomic E-state index is 12.1. The predicted octanol–water partition coefficient (Wildman–Crippen LogP) is 1.60. The van der Waals surface area contributed by atoms with E-state index in [1.54, 1.807) is 13.0 Å². The number of carboxylic acids is 1. The van der Waals surface area contributed by atoms with E-state index >= 15 is 0 Å². The van der Waals surface area contributed by atoms with E-state index < -0.39 is 22.0 Å². The van der Waals surface area contributed by atoms with Crippen molar-refractivity contribution in [3.05, 3.63) is 22.7 Å². The fourth-order valence-electron chi connectivity index (χ4n) is 1.31. The van der Waals surface area contributed by atoms with Gasteiger partial charge in [0.1, 0.15) is 16.7 Å². The number of sulfonamides is 1. The van der Waals surface area contributed by atoms with E-state index in [9.17, 15) is 13.2 Å². The van der Waals surface area contributed by atoms with Gasteiger partial charge < -0.3 is 9.84 Å². The van der Waals surface area contributed by atoms with Crippen molar-refractivity contribution in [1.82, 2.24) is 4.72 Å². The molecule has 0 aliphatic carbocycles. The highest BCUT2D eigenvalue weighted by atomic mass is 79.9. The molecule has 1 atom stereocenters. The van der Waals surface area contributed by atoms with E-state index in [2.05, 4.69) is 20.7 Å². The van der Waals surface area contributed by atoms with Gasteiger partial charge in [-0.05, 0) is 32.0 Å². The molecule has 8 heteroatoms. The summed E-state index contributed by atoms with van der Waals surface area (Å²) in [6.45, 7) is 3.28. The zero-order valence-corrected chi connectivity index (χ0v) is 12.8. The molecule has 1 rings (SSSR count). The monoisotopic (exact) mass is 351 g/mol. The molecule has 0 radical (unpaired) electrons. The average molecular weight is 352 g/mol. The van der Waals surface area contributed by atoms with E-state index in [0.717, 1.165) is 0 Å². The molecule has 0 aromatic heterocycles. The molecule has 0 spiro atoms. The smallest absolute Gasteiger partial charge is 0.321 e. The standard InChI is InChI=1S/C11H14BrNO5S/c1-3-18-9-5-4-8(12)6-10(9)19(16,17)13-7(2)11(14)15/h4-7,13H,3H2,1-2H3,(H,14,15). The van der Waals surface area contributed by atoms with Crippen LogP contribution < -0.4 is 9.46 Å². The van der Waals surface area contributed by atoms with Crippen LogP contribution in [0.3, 0.4) is 0 Å². The van der Waals surface area contributed by atoms with Gasteiger partial charge in [-0.1, -0.05) is 15.9 Å². The molecule has 0 fully saturated rings. The van der Waals surface area contributed by atoms with Crippen molar-refractivity contribution in [2.75, 3.05) is 6.61 Å². The van der Waals surface area contributed by atoms with Gasteiger partial charge in [-0.25, -0.2) is 8.42 Å². The number of halogens is 1. The van der Waals surface area contributed by atoms with E-state index in [0.29, 0.717) is 11.1 Å². The summed E-state index contributed by atoms with van der Waals surface area (Å²) in [5.41, 5.74) is 0. The summed E-state index contributed by atoms with van der Waals surface area (Å²) in [5, 5.41) is 8.75. The highest BCUT2D eigenvalue weighted by Gasteiger charge is 2.25. The summed E-state index contributed by atoms with van der Waals surface area (Å²) in [4.78, 5) is 10.6. The van der Waals surface area contributed by atoms with E-state index in [1.165, 1.54) is 19.1 Å². The first-order chi connectivity index (χ1) is 8.77. The number of carbonyl (C=O) groups is 1. The lowest BCUT2D eigenvalue weighted by Gasteiger charge is -2.14. The fraction of sp³-hybridized carbons (Fsp3) is 0.364. The van der Waals surface area contributed by atoms with Crippen molar-refractivity contribution in [3.63, 3.8) is 0 Å². The Hall–Kier alpha value is -1.12. The lowest BCUT2D eigenvalue weighted by atomic mass is 10.3. The Balaban J connectivity index is 3.19. The van der Waals surface area contributed by atoms with Crippen molar-refractivity contribution in [2.45, 2.75) is 24.8 Å². The van der Waals surface area contributed by atoms with Crippen LogP contribution in [0.5, 0.6) is 5.75 Å². The number of carboxylic acid groups (broad SMARTS) is 1. The largest absolute Gasteiger partial charge is 0.492 e. The summed E-state index contributed by atoms with van der Waals surface area (Å²) in [7, 11) is -3.97. The van der Waals surface area contributed by atoms with Crippen molar-refractivity contribution in [3.8, 4) is 5.75 Å². The summed E-state index contributed by atoms with van der Waals surface area (Å²) < 4.78 is 32.1. The third-order valence-corrected chi connectivity index (χ3v) is 4.25. The van der Waals surface area contributed by atoms with Crippen LogP contribution >= 0.6 is 15.9 Å². The van der Waals surface area contributed by atoms with Crippen molar-refractivity contribution < 1.29 is 23.1 Å². The van der Waals surface area contributed by atoms with Gasteiger partial charge in [0.2, 0.25) is 10.0 Å². The summed E-state index contributed by atoms with van der Waals surface area (Å²) >= 11 is 3.17. The third-order valence-electron chi connectivity index (χ3n) is 2.20. The second-order valence-electron chi connectivity index (χ2n) is 3.71. The van der Waals surface area contributed by atoms with Crippen LogP contribution in [0.4, 0.5) is 0 Å². The van der Waals surface area contributed by atoms with Crippen molar-refractivity contribution >= 4 is 31.9 Å². The molecule has 0 saturated carbocycles. The second kappa shape index (κ2) is 6.36. The van der Waals surface area contributed by atoms with Crippen molar-refractivity contribution in [1.29, 1.82) is 0 Å². The highest BCUT2D eigenvalue weighted by Crippen LogP contribution is 2.27. The Morgan fingerprint density at radius 3 is 2.68 bits per heavy atom. The van der Waals surface area contributed by atoms with Crippen LogP contribution in [-0.2, 0) is 14.8 Å². The summed E-state index contributed by atoms with van der Waals surface area (Å²) in [6.07, 6.45) is 0. The number of hydrogen-bond donors (Lipinski definition) is 2. The number of rotatable bonds is 6. The maximum Gasteiger partial charge on any atom is 0.321 e. The Bertz CT molecular complexity index is 572.